The molecule has 7 nitrogen and oxygen atoms in total. The van der Waals surface area contributed by atoms with Crippen molar-refractivity contribution in [2.75, 3.05) is 7.05 Å². The number of piperidine rings is 1. The average Bonchev–Trinajstić information content (AvgIpc) is 3.20. The normalized spacial score (nSPS) is 25.7. The van der Waals surface area contributed by atoms with E-state index < -0.39 is 5.97 Å². The van der Waals surface area contributed by atoms with E-state index in [0.29, 0.717) is 29.4 Å². The lowest BCUT2D eigenvalue weighted by Crippen LogP contribution is -2.43. The first-order valence-corrected chi connectivity index (χ1v) is 11.7. The number of carboxylic acids is 1. The van der Waals surface area contributed by atoms with Gasteiger partial charge < -0.3 is 14.7 Å². The third-order valence-electron chi connectivity index (χ3n) is 7.69. The van der Waals surface area contributed by atoms with Gasteiger partial charge in [-0.05, 0) is 57.7 Å². The van der Waals surface area contributed by atoms with Gasteiger partial charge in [0.25, 0.3) is 0 Å². The molecule has 0 radical (unpaired) electrons. The molecule has 1 unspecified atom stereocenters. The third kappa shape index (κ3) is 3.18. The van der Waals surface area contributed by atoms with Gasteiger partial charge in [0.2, 0.25) is 0 Å². The van der Waals surface area contributed by atoms with E-state index in [0.717, 1.165) is 42.5 Å². The molecule has 32 heavy (non-hydrogen) atoms. The molecule has 2 saturated heterocycles. The Morgan fingerprint density at radius 2 is 1.81 bits per heavy atom. The van der Waals surface area contributed by atoms with Crippen molar-refractivity contribution in [2.24, 2.45) is 0 Å². The number of rotatable bonds is 5. The fourth-order valence-electron chi connectivity index (χ4n) is 5.66. The fourth-order valence-corrected chi connectivity index (χ4v) is 5.66. The maximum Gasteiger partial charge on any atom is 0.354 e. The first kappa shape index (κ1) is 19.7. The molecule has 0 amide bonds. The first-order chi connectivity index (χ1) is 15.6. The van der Waals surface area contributed by atoms with Gasteiger partial charge in [0.1, 0.15) is 11.9 Å². The van der Waals surface area contributed by atoms with Crippen molar-refractivity contribution in [1.82, 2.24) is 19.7 Å². The summed E-state index contributed by atoms with van der Waals surface area (Å²) in [4.78, 5) is 19.0. The highest BCUT2D eigenvalue weighted by molar-refractivity contribution is 5.94. The van der Waals surface area contributed by atoms with E-state index in [2.05, 4.69) is 16.9 Å². The van der Waals surface area contributed by atoms with Gasteiger partial charge >= 0.3 is 5.97 Å². The number of benzene rings is 1. The molecule has 7 heteroatoms. The highest BCUT2D eigenvalue weighted by Gasteiger charge is 2.40. The molecule has 3 fully saturated rings. The SMILES string of the molecule is CN1[C@@H]2CC[C@H]1CC(Oc1cc(C(=O)O)nc3c1c(C1CCC1)nn3-c1ccccc1)C2. The van der Waals surface area contributed by atoms with Gasteiger partial charge in [-0.15, -0.1) is 0 Å². The molecule has 2 bridgehead atoms. The van der Waals surface area contributed by atoms with Crippen molar-refractivity contribution in [3.05, 3.63) is 47.8 Å². The van der Waals surface area contributed by atoms with Crippen LogP contribution >= 0.6 is 0 Å². The Hall–Kier alpha value is -2.93. The van der Waals surface area contributed by atoms with E-state index in [4.69, 9.17) is 9.84 Å². The van der Waals surface area contributed by atoms with Crippen LogP contribution in [0.3, 0.4) is 0 Å². The molecule has 166 valence electrons. The Morgan fingerprint density at radius 1 is 1.09 bits per heavy atom. The first-order valence-electron chi connectivity index (χ1n) is 11.7. The molecule has 1 saturated carbocycles. The Kier molecular flexibility index (Phi) is 4.68. The number of carbonyl (C=O) groups is 1. The summed E-state index contributed by atoms with van der Waals surface area (Å²) in [6.45, 7) is 0. The van der Waals surface area contributed by atoms with Crippen LogP contribution in [-0.2, 0) is 0 Å². The van der Waals surface area contributed by atoms with Crippen molar-refractivity contribution < 1.29 is 14.6 Å². The van der Waals surface area contributed by atoms with Gasteiger partial charge in [-0.2, -0.15) is 5.10 Å². The molecule has 3 atom stereocenters. The number of ether oxygens (including phenoxy) is 1. The molecule has 6 rings (SSSR count). The van der Waals surface area contributed by atoms with Gasteiger partial charge in [-0.3, -0.25) is 0 Å². The number of pyridine rings is 1. The summed E-state index contributed by atoms with van der Waals surface area (Å²) in [5.74, 6) is -0.0485. The van der Waals surface area contributed by atoms with E-state index in [1.807, 2.05) is 30.3 Å². The van der Waals surface area contributed by atoms with Crippen LogP contribution in [0.5, 0.6) is 5.75 Å². The zero-order chi connectivity index (χ0) is 21.8. The van der Waals surface area contributed by atoms with Crippen molar-refractivity contribution in [3.8, 4) is 11.4 Å². The van der Waals surface area contributed by atoms with Crippen LogP contribution in [0.25, 0.3) is 16.7 Å². The lowest BCUT2D eigenvalue weighted by molar-refractivity contribution is 0.0653. The standard InChI is InChI=1S/C25H28N4O3/c1-28-17-10-11-18(28)13-19(12-17)32-21-14-20(25(30)31)26-24-22(21)23(15-6-5-7-15)27-29(24)16-8-3-2-4-9-16/h2-4,8-9,14-15,17-19H,5-7,10-13H2,1H3,(H,30,31)/t17-,18+,19?. The lowest BCUT2D eigenvalue weighted by Gasteiger charge is -2.36. The minimum Gasteiger partial charge on any atom is -0.489 e. The topological polar surface area (TPSA) is 80.5 Å². The number of nitrogens with zero attached hydrogens (tertiary/aromatic N) is 4. The molecule has 0 spiro atoms. The van der Waals surface area contributed by atoms with Crippen molar-refractivity contribution in [1.29, 1.82) is 0 Å². The molecule has 2 aliphatic heterocycles. The Bertz CT molecular complexity index is 1160. The number of fused-ring (bicyclic) bond motifs is 3. The number of hydrogen-bond donors (Lipinski definition) is 1. The number of carboxylic acid groups (broad SMARTS) is 1. The van der Waals surface area contributed by atoms with Crippen molar-refractivity contribution in [3.63, 3.8) is 0 Å². The number of aromatic nitrogens is 3. The summed E-state index contributed by atoms with van der Waals surface area (Å²) in [7, 11) is 2.21. The summed E-state index contributed by atoms with van der Waals surface area (Å²) in [5, 5.41) is 15.6. The van der Waals surface area contributed by atoms with Gasteiger partial charge in [-0.1, -0.05) is 24.6 Å². The van der Waals surface area contributed by atoms with Gasteiger partial charge in [0, 0.05) is 24.1 Å². The summed E-state index contributed by atoms with van der Waals surface area (Å²) in [5.41, 5.74) is 2.44. The Labute approximate surface area is 187 Å². The molecule has 1 aliphatic carbocycles. The highest BCUT2D eigenvalue weighted by atomic mass is 16.5. The maximum atomic E-state index is 11.9. The van der Waals surface area contributed by atoms with Crippen LogP contribution in [0.2, 0.25) is 0 Å². The molecular weight excluding hydrogens is 404 g/mol. The molecule has 1 aromatic carbocycles. The second kappa shape index (κ2) is 7.59. The van der Waals surface area contributed by atoms with E-state index >= 15 is 0 Å². The van der Waals surface area contributed by atoms with Crippen LogP contribution in [0, 0.1) is 0 Å². The van der Waals surface area contributed by atoms with Gasteiger partial charge in [0.15, 0.2) is 11.3 Å². The number of hydrogen-bond acceptors (Lipinski definition) is 5. The predicted molar refractivity (Wildman–Crippen MR) is 121 cm³/mol. The van der Waals surface area contributed by atoms with Crippen LogP contribution in [0.4, 0.5) is 0 Å². The number of aromatic carboxylic acids is 1. The van der Waals surface area contributed by atoms with Crippen molar-refractivity contribution in [2.45, 2.75) is 69.1 Å². The van der Waals surface area contributed by atoms with Crippen LogP contribution < -0.4 is 4.74 Å². The average molecular weight is 433 g/mol. The summed E-state index contributed by atoms with van der Waals surface area (Å²) in [6.07, 6.45) is 7.86. The molecular formula is C25H28N4O3. The van der Waals surface area contributed by atoms with E-state index in [-0.39, 0.29) is 11.8 Å². The lowest BCUT2D eigenvalue weighted by atomic mass is 9.82. The third-order valence-corrected chi connectivity index (χ3v) is 7.69. The highest BCUT2D eigenvalue weighted by Crippen LogP contribution is 2.44. The predicted octanol–water partition coefficient (Wildman–Crippen LogP) is 4.39. The molecule has 3 aliphatic rings. The minimum absolute atomic E-state index is 0.000593. The largest absolute Gasteiger partial charge is 0.489 e. The molecule has 4 heterocycles. The van der Waals surface area contributed by atoms with Gasteiger partial charge in [0.05, 0.1) is 16.8 Å². The van der Waals surface area contributed by atoms with E-state index in [9.17, 15) is 9.90 Å². The monoisotopic (exact) mass is 432 g/mol. The summed E-state index contributed by atoms with van der Waals surface area (Å²) >= 11 is 0. The Morgan fingerprint density at radius 3 is 2.44 bits per heavy atom. The summed E-state index contributed by atoms with van der Waals surface area (Å²) < 4.78 is 8.41. The van der Waals surface area contributed by atoms with Crippen molar-refractivity contribution >= 4 is 17.0 Å². The second-order valence-corrected chi connectivity index (χ2v) is 9.53. The van der Waals surface area contributed by atoms with Crippen LogP contribution in [0.1, 0.15) is 67.0 Å². The molecule has 3 aromatic rings. The molecule has 2 aromatic heterocycles. The second-order valence-electron chi connectivity index (χ2n) is 9.53. The zero-order valence-electron chi connectivity index (χ0n) is 18.3. The zero-order valence-corrected chi connectivity index (χ0v) is 18.3. The molecule has 1 N–H and O–H groups in total. The Balaban J connectivity index is 1.49. The summed E-state index contributed by atoms with van der Waals surface area (Å²) in [6, 6.07) is 12.5. The quantitative estimate of drug-likeness (QED) is 0.644. The van der Waals surface area contributed by atoms with Crippen LogP contribution in [0.15, 0.2) is 36.4 Å². The minimum atomic E-state index is -1.05. The van der Waals surface area contributed by atoms with E-state index in [1.165, 1.54) is 19.3 Å². The maximum absolute atomic E-state index is 11.9. The fraction of sp³-hybridized carbons (Fsp3) is 0.480. The van der Waals surface area contributed by atoms with Crippen LogP contribution in [-0.4, -0.2) is 56.0 Å². The number of para-hydroxylation sites is 1. The smallest absolute Gasteiger partial charge is 0.354 e. The van der Waals surface area contributed by atoms with Gasteiger partial charge in [-0.25, -0.2) is 14.5 Å². The van der Waals surface area contributed by atoms with E-state index in [1.54, 1.807) is 10.7 Å².